The molecule has 3 N–H and O–H groups in total. The topological polar surface area (TPSA) is 38.0 Å². The van der Waals surface area contributed by atoms with Gasteiger partial charge in [0, 0.05) is 9.50 Å². The molecule has 0 amide bonds. The number of hydrazine groups is 1. The van der Waals surface area contributed by atoms with Crippen LogP contribution in [0.2, 0.25) is 5.02 Å². The zero-order chi connectivity index (χ0) is 14.7. The van der Waals surface area contributed by atoms with Gasteiger partial charge in [-0.2, -0.15) is 0 Å². The monoisotopic (exact) mass is 420 g/mol. The van der Waals surface area contributed by atoms with Gasteiger partial charge in [-0.25, -0.2) is 4.39 Å². The lowest BCUT2D eigenvalue weighted by Gasteiger charge is -2.18. The zero-order valence-electron chi connectivity index (χ0n) is 10.3. The zero-order valence-corrected chi connectivity index (χ0v) is 14.3. The van der Waals surface area contributed by atoms with E-state index in [1.165, 1.54) is 6.07 Å². The minimum Gasteiger partial charge on any atom is -0.271 e. The predicted molar refractivity (Wildman–Crippen MR) is 87.0 cm³/mol. The molecule has 0 spiro atoms. The van der Waals surface area contributed by atoms with Crippen LogP contribution in [0.4, 0.5) is 4.39 Å². The van der Waals surface area contributed by atoms with Gasteiger partial charge >= 0.3 is 0 Å². The number of benzene rings is 2. The van der Waals surface area contributed by atoms with Crippen molar-refractivity contribution in [1.29, 1.82) is 0 Å². The average molecular weight is 423 g/mol. The van der Waals surface area contributed by atoms with E-state index in [4.69, 9.17) is 17.4 Å². The second-order valence-electron chi connectivity index (χ2n) is 4.33. The summed E-state index contributed by atoms with van der Waals surface area (Å²) in [7, 11) is 0. The summed E-state index contributed by atoms with van der Waals surface area (Å²) in [5.74, 6) is 5.31. The fourth-order valence-electron chi connectivity index (χ4n) is 1.91. The molecule has 6 heteroatoms. The Balaban J connectivity index is 2.26. The molecule has 20 heavy (non-hydrogen) atoms. The fourth-order valence-corrected chi connectivity index (χ4v) is 3.06. The molecule has 0 aliphatic heterocycles. The first kappa shape index (κ1) is 15.9. The van der Waals surface area contributed by atoms with Crippen LogP contribution in [0.5, 0.6) is 0 Å². The quantitative estimate of drug-likeness (QED) is 0.551. The van der Waals surface area contributed by atoms with Gasteiger partial charge in [0.25, 0.3) is 0 Å². The molecule has 2 nitrogen and oxygen atoms in total. The van der Waals surface area contributed by atoms with Gasteiger partial charge in [-0.1, -0.05) is 39.7 Å². The third kappa shape index (κ3) is 3.80. The van der Waals surface area contributed by atoms with Crippen molar-refractivity contribution >= 4 is 43.5 Å². The Bertz CT molecular complexity index is 622. The first-order chi connectivity index (χ1) is 9.51. The molecule has 0 bridgehead atoms. The molecule has 0 saturated carbocycles. The van der Waals surface area contributed by atoms with Gasteiger partial charge in [0.05, 0.1) is 10.5 Å². The summed E-state index contributed by atoms with van der Waals surface area (Å²) in [5, 5.41) is 0.667. The molecular weight excluding hydrogens is 410 g/mol. The highest BCUT2D eigenvalue weighted by Gasteiger charge is 2.14. The molecule has 0 aromatic heterocycles. The van der Waals surface area contributed by atoms with Gasteiger partial charge in [0.2, 0.25) is 0 Å². The number of halogens is 4. The van der Waals surface area contributed by atoms with Crippen LogP contribution in [-0.4, -0.2) is 0 Å². The standard InChI is InChI=1S/C14H12Br2ClFN2/c15-10-3-1-8(12(17)7-10)6-14(20-19)9-2-4-13(18)11(16)5-9/h1-5,7,14,20H,6,19H2. The van der Waals surface area contributed by atoms with E-state index in [0.29, 0.717) is 15.9 Å². The summed E-state index contributed by atoms with van der Waals surface area (Å²) >= 11 is 12.8. The van der Waals surface area contributed by atoms with E-state index in [0.717, 1.165) is 15.6 Å². The van der Waals surface area contributed by atoms with Gasteiger partial charge in [0.15, 0.2) is 0 Å². The number of hydrogen-bond acceptors (Lipinski definition) is 2. The van der Waals surface area contributed by atoms with E-state index in [-0.39, 0.29) is 11.9 Å². The van der Waals surface area contributed by atoms with Crippen LogP contribution in [0, 0.1) is 5.82 Å². The number of nitrogens with two attached hydrogens (primary N) is 1. The Morgan fingerprint density at radius 1 is 1.20 bits per heavy atom. The maximum atomic E-state index is 13.3. The molecule has 0 heterocycles. The highest BCUT2D eigenvalue weighted by Crippen LogP contribution is 2.27. The van der Waals surface area contributed by atoms with Gasteiger partial charge < -0.3 is 0 Å². The molecule has 2 rings (SSSR count). The smallest absolute Gasteiger partial charge is 0.137 e. The van der Waals surface area contributed by atoms with Crippen LogP contribution in [-0.2, 0) is 6.42 Å². The molecule has 106 valence electrons. The molecule has 0 fully saturated rings. The van der Waals surface area contributed by atoms with Crippen molar-refractivity contribution in [1.82, 2.24) is 5.43 Å². The molecule has 0 radical (unpaired) electrons. The maximum absolute atomic E-state index is 13.3. The lowest BCUT2D eigenvalue weighted by atomic mass is 9.99. The Hall–Kier alpha value is -0.460. The summed E-state index contributed by atoms with van der Waals surface area (Å²) in [6, 6.07) is 10.4. The lowest BCUT2D eigenvalue weighted by molar-refractivity contribution is 0.548. The summed E-state index contributed by atoms with van der Waals surface area (Å²) in [4.78, 5) is 0. The van der Waals surface area contributed by atoms with Crippen LogP contribution in [0.15, 0.2) is 45.3 Å². The van der Waals surface area contributed by atoms with E-state index in [2.05, 4.69) is 37.3 Å². The molecule has 0 saturated heterocycles. The molecule has 0 aliphatic rings. The van der Waals surface area contributed by atoms with Crippen molar-refractivity contribution in [3.63, 3.8) is 0 Å². The van der Waals surface area contributed by atoms with E-state index < -0.39 is 0 Å². The highest BCUT2D eigenvalue weighted by atomic mass is 79.9. The van der Waals surface area contributed by atoms with Gasteiger partial charge in [0.1, 0.15) is 5.82 Å². The molecule has 1 atom stereocenters. The van der Waals surface area contributed by atoms with Crippen molar-refractivity contribution in [2.24, 2.45) is 5.84 Å². The van der Waals surface area contributed by atoms with Crippen LogP contribution in [0.3, 0.4) is 0 Å². The first-order valence-corrected chi connectivity index (χ1v) is 7.82. The number of nitrogens with one attached hydrogen (secondary N) is 1. The van der Waals surface area contributed by atoms with E-state index in [1.54, 1.807) is 12.1 Å². The fraction of sp³-hybridized carbons (Fsp3) is 0.143. The summed E-state index contributed by atoms with van der Waals surface area (Å²) in [6.07, 6.45) is 0.612. The summed E-state index contributed by atoms with van der Waals surface area (Å²) in [6.45, 7) is 0. The van der Waals surface area contributed by atoms with Gasteiger partial charge in [-0.05, 0) is 57.7 Å². The average Bonchev–Trinajstić information content (AvgIpc) is 2.41. The van der Waals surface area contributed by atoms with Crippen LogP contribution >= 0.6 is 43.5 Å². The van der Waals surface area contributed by atoms with E-state index in [9.17, 15) is 4.39 Å². The van der Waals surface area contributed by atoms with Crippen molar-refractivity contribution in [2.75, 3.05) is 0 Å². The van der Waals surface area contributed by atoms with Gasteiger partial charge in [-0.3, -0.25) is 11.3 Å². The number of rotatable bonds is 4. The third-order valence-electron chi connectivity index (χ3n) is 2.99. The molecule has 1 unspecified atom stereocenters. The van der Waals surface area contributed by atoms with Gasteiger partial charge in [-0.15, -0.1) is 0 Å². The maximum Gasteiger partial charge on any atom is 0.137 e. The minimum absolute atomic E-state index is 0.148. The Morgan fingerprint density at radius 2 is 1.95 bits per heavy atom. The second-order valence-corrected chi connectivity index (χ2v) is 6.51. The minimum atomic E-state index is -0.300. The van der Waals surface area contributed by atoms with Crippen LogP contribution < -0.4 is 11.3 Å². The Labute approximate surface area is 138 Å². The molecule has 2 aromatic rings. The molecule has 2 aromatic carbocycles. The Kier molecular flexibility index (Phi) is 5.57. The first-order valence-electron chi connectivity index (χ1n) is 5.86. The van der Waals surface area contributed by atoms with Crippen molar-refractivity contribution in [3.05, 3.63) is 67.3 Å². The largest absolute Gasteiger partial charge is 0.271 e. The number of hydrogen-bond donors (Lipinski definition) is 2. The van der Waals surface area contributed by atoms with Crippen molar-refractivity contribution < 1.29 is 4.39 Å². The lowest BCUT2D eigenvalue weighted by Crippen LogP contribution is -2.29. The SMILES string of the molecule is NNC(Cc1ccc(Br)cc1Cl)c1ccc(F)c(Br)c1. The van der Waals surface area contributed by atoms with Crippen molar-refractivity contribution in [2.45, 2.75) is 12.5 Å². The highest BCUT2D eigenvalue weighted by molar-refractivity contribution is 9.10. The van der Waals surface area contributed by atoms with E-state index >= 15 is 0 Å². The summed E-state index contributed by atoms with van der Waals surface area (Å²) in [5.41, 5.74) is 4.60. The van der Waals surface area contributed by atoms with Crippen LogP contribution in [0.25, 0.3) is 0 Å². The normalized spacial score (nSPS) is 12.4. The molecular formula is C14H12Br2ClFN2. The summed E-state index contributed by atoms with van der Waals surface area (Å²) < 4.78 is 14.6. The predicted octanol–water partition coefficient (Wildman–Crippen LogP) is 4.75. The van der Waals surface area contributed by atoms with Crippen LogP contribution in [0.1, 0.15) is 17.2 Å². The Morgan fingerprint density at radius 3 is 2.55 bits per heavy atom. The second kappa shape index (κ2) is 7.00. The van der Waals surface area contributed by atoms with E-state index in [1.807, 2.05) is 18.2 Å². The molecule has 0 aliphatic carbocycles. The third-order valence-corrected chi connectivity index (χ3v) is 4.44. The van der Waals surface area contributed by atoms with Crippen molar-refractivity contribution in [3.8, 4) is 0 Å².